The van der Waals surface area contributed by atoms with Gasteiger partial charge in [0, 0.05) is 12.1 Å². The van der Waals surface area contributed by atoms with Gasteiger partial charge in [-0.15, -0.1) is 0 Å². The smallest absolute Gasteiger partial charge is 0.0265 e. The van der Waals surface area contributed by atoms with E-state index in [-0.39, 0.29) is 0 Å². The Morgan fingerprint density at radius 1 is 1.42 bits per heavy atom. The maximum Gasteiger partial charge on any atom is 0.0265 e. The van der Waals surface area contributed by atoms with Gasteiger partial charge in [-0.1, -0.05) is 27.4 Å². The lowest BCUT2D eigenvalue weighted by Gasteiger charge is -2.16. The highest BCUT2D eigenvalue weighted by molar-refractivity contribution is 4.73. The number of hydrogen-bond donors (Lipinski definition) is 2. The predicted octanol–water partition coefficient (Wildman–Crippen LogP) is 1.89. The first-order valence-corrected chi connectivity index (χ1v) is 4.81. The van der Waals surface area contributed by atoms with Gasteiger partial charge in [0.2, 0.25) is 0 Å². The lowest BCUT2D eigenvalue weighted by atomic mass is 10.1. The molecule has 1 unspecified atom stereocenters. The van der Waals surface area contributed by atoms with Crippen molar-refractivity contribution in [1.82, 2.24) is 10.6 Å². The van der Waals surface area contributed by atoms with E-state index >= 15 is 0 Å². The van der Waals surface area contributed by atoms with Gasteiger partial charge in [-0.05, 0) is 25.6 Å². The molecule has 0 fully saturated rings. The molecule has 0 amide bonds. The van der Waals surface area contributed by atoms with Crippen LogP contribution in [0.1, 0.15) is 33.6 Å². The molecule has 2 nitrogen and oxygen atoms in total. The topological polar surface area (TPSA) is 24.1 Å². The largest absolute Gasteiger partial charge is 0.389 e. The Hall–Kier alpha value is -0.500. The van der Waals surface area contributed by atoms with Gasteiger partial charge in [0.05, 0.1) is 0 Å². The summed E-state index contributed by atoms with van der Waals surface area (Å²) in [6.07, 6.45) is 4.11. The molecule has 12 heavy (non-hydrogen) atoms. The van der Waals surface area contributed by atoms with Crippen molar-refractivity contribution in [2.24, 2.45) is 0 Å². The highest BCUT2D eigenvalue weighted by Crippen LogP contribution is 1.96. The van der Waals surface area contributed by atoms with Gasteiger partial charge in [-0.25, -0.2) is 0 Å². The van der Waals surface area contributed by atoms with Crippen LogP contribution in [0, 0.1) is 0 Å². The minimum atomic E-state index is 0.578. The molecule has 0 saturated heterocycles. The first-order valence-electron chi connectivity index (χ1n) is 4.81. The van der Waals surface area contributed by atoms with Crippen LogP contribution < -0.4 is 10.6 Å². The molecule has 0 aliphatic rings. The highest BCUT2D eigenvalue weighted by Gasteiger charge is 2.02. The summed E-state index contributed by atoms with van der Waals surface area (Å²) in [4.78, 5) is 0. The van der Waals surface area contributed by atoms with Crippen molar-refractivity contribution in [3.8, 4) is 0 Å². The molecular formula is C10H22N2. The summed E-state index contributed by atoms with van der Waals surface area (Å²) in [5, 5.41) is 6.62. The van der Waals surface area contributed by atoms with Crippen molar-refractivity contribution in [1.29, 1.82) is 0 Å². The molecule has 0 spiro atoms. The van der Waals surface area contributed by atoms with Crippen LogP contribution >= 0.6 is 0 Å². The fraction of sp³-hybridized carbons (Fsp3) is 0.800. The van der Waals surface area contributed by atoms with E-state index < -0.39 is 0 Å². The molecule has 0 aromatic heterocycles. The SMILES string of the molecule is C=CNC(CC)CCNC(C)C. The average molecular weight is 170 g/mol. The van der Waals surface area contributed by atoms with Gasteiger partial charge in [0.1, 0.15) is 0 Å². The Balaban J connectivity index is 3.37. The number of nitrogens with one attached hydrogen (secondary N) is 2. The van der Waals surface area contributed by atoms with E-state index in [0.717, 1.165) is 13.0 Å². The summed E-state index contributed by atoms with van der Waals surface area (Å²) in [5.74, 6) is 0. The quantitative estimate of drug-likeness (QED) is 0.609. The molecule has 0 rings (SSSR count). The molecule has 2 heteroatoms. The van der Waals surface area contributed by atoms with Crippen LogP contribution in [0.25, 0.3) is 0 Å². The Morgan fingerprint density at radius 3 is 2.50 bits per heavy atom. The van der Waals surface area contributed by atoms with Crippen LogP contribution in [0.2, 0.25) is 0 Å². The van der Waals surface area contributed by atoms with E-state index in [9.17, 15) is 0 Å². The zero-order chi connectivity index (χ0) is 9.40. The predicted molar refractivity (Wildman–Crippen MR) is 55.2 cm³/mol. The minimum Gasteiger partial charge on any atom is -0.389 e. The molecule has 72 valence electrons. The summed E-state index contributed by atoms with van der Waals surface area (Å²) in [6, 6.07) is 1.17. The van der Waals surface area contributed by atoms with Crippen LogP contribution in [0.4, 0.5) is 0 Å². The van der Waals surface area contributed by atoms with Gasteiger partial charge in [0.15, 0.2) is 0 Å². The minimum absolute atomic E-state index is 0.578. The fourth-order valence-electron chi connectivity index (χ4n) is 1.12. The van der Waals surface area contributed by atoms with Gasteiger partial charge in [-0.2, -0.15) is 0 Å². The summed E-state index contributed by atoms with van der Waals surface area (Å²) in [7, 11) is 0. The molecule has 1 atom stereocenters. The third-order valence-electron chi connectivity index (χ3n) is 1.89. The molecule has 0 aromatic carbocycles. The third kappa shape index (κ3) is 6.23. The van der Waals surface area contributed by atoms with E-state index in [4.69, 9.17) is 0 Å². The molecule has 0 bridgehead atoms. The zero-order valence-electron chi connectivity index (χ0n) is 8.56. The molecule has 0 aliphatic carbocycles. The van der Waals surface area contributed by atoms with Gasteiger partial charge >= 0.3 is 0 Å². The lowest BCUT2D eigenvalue weighted by molar-refractivity contribution is 0.480. The molecule has 0 saturated carbocycles. The first kappa shape index (κ1) is 11.5. The van der Waals surface area contributed by atoms with E-state index in [1.165, 1.54) is 6.42 Å². The normalized spacial score (nSPS) is 13.0. The Bertz CT molecular complexity index is 110. The average Bonchev–Trinajstić information content (AvgIpc) is 2.02. The second kappa shape index (κ2) is 7.17. The van der Waals surface area contributed by atoms with Crippen molar-refractivity contribution < 1.29 is 0 Å². The Labute approximate surface area is 76.4 Å². The van der Waals surface area contributed by atoms with Crippen molar-refractivity contribution in [3.05, 3.63) is 12.8 Å². The van der Waals surface area contributed by atoms with E-state index in [1.807, 2.05) is 0 Å². The van der Waals surface area contributed by atoms with Crippen LogP contribution in [-0.2, 0) is 0 Å². The third-order valence-corrected chi connectivity index (χ3v) is 1.89. The van der Waals surface area contributed by atoms with Crippen LogP contribution in [0.15, 0.2) is 12.8 Å². The van der Waals surface area contributed by atoms with Gasteiger partial charge < -0.3 is 10.6 Å². The first-order chi connectivity index (χ1) is 5.70. The molecule has 0 aliphatic heterocycles. The fourth-order valence-corrected chi connectivity index (χ4v) is 1.12. The summed E-state index contributed by atoms with van der Waals surface area (Å²) < 4.78 is 0. The molecule has 0 aromatic rings. The summed E-state index contributed by atoms with van der Waals surface area (Å²) >= 11 is 0. The lowest BCUT2D eigenvalue weighted by Crippen LogP contribution is -2.31. The van der Waals surface area contributed by atoms with Crippen LogP contribution in [0.5, 0.6) is 0 Å². The second-order valence-electron chi connectivity index (χ2n) is 3.37. The van der Waals surface area contributed by atoms with Crippen LogP contribution in [-0.4, -0.2) is 18.6 Å². The standard InChI is InChI=1S/C10H22N2/c1-5-10(11-6-2)7-8-12-9(3)4/h6,9-12H,2,5,7-8H2,1,3-4H3. The monoisotopic (exact) mass is 170 g/mol. The molecule has 0 radical (unpaired) electrons. The second-order valence-corrected chi connectivity index (χ2v) is 3.37. The highest BCUT2D eigenvalue weighted by atomic mass is 14.9. The maximum absolute atomic E-state index is 3.66. The number of rotatable bonds is 7. The van der Waals surface area contributed by atoms with Crippen molar-refractivity contribution >= 4 is 0 Å². The van der Waals surface area contributed by atoms with E-state index in [2.05, 4.69) is 38.0 Å². The van der Waals surface area contributed by atoms with Crippen LogP contribution in [0.3, 0.4) is 0 Å². The Morgan fingerprint density at radius 2 is 2.08 bits per heavy atom. The van der Waals surface area contributed by atoms with E-state index in [0.29, 0.717) is 12.1 Å². The number of hydrogen-bond acceptors (Lipinski definition) is 2. The zero-order valence-corrected chi connectivity index (χ0v) is 8.56. The van der Waals surface area contributed by atoms with Crippen molar-refractivity contribution in [2.75, 3.05) is 6.54 Å². The molecular weight excluding hydrogens is 148 g/mol. The summed E-state index contributed by atoms with van der Waals surface area (Å²) in [5.41, 5.74) is 0. The molecule has 2 N–H and O–H groups in total. The molecule has 0 heterocycles. The Kier molecular flexibility index (Phi) is 6.87. The van der Waals surface area contributed by atoms with E-state index in [1.54, 1.807) is 6.20 Å². The van der Waals surface area contributed by atoms with Crippen molar-refractivity contribution in [2.45, 2.75) is 45.7 Å². The van der Waals surface area contributed by atoms with Crippen molar-refractivity contribution in [3.63, 3.8) is 0 Å². The van der Waals surface area contributed by atoms with Gasteiger partial charge in [-0.3, -0.25) is 0 Å². The van der Waals surface area contributed by atoms with Gasteiger partial charge in [0.25, 0.3) is 0 Å². The summed E-state index contributed by atoms with van der Waals surface area (Å²) in [6.45, 7) is 11.3. The maximum atomic E-state index is 3.66.